The van der Waals surface area contributed by atoms with Crippen LogP contribution in [0.4, 0.5) is 0 Å². The maximum Gasteiger partial charge on any atom is 0.334 e. The van der Waals surface area contributed by atoms with Gasteiger partial charge in [0.2, 0.25) is 0 Å². The van der Waals surface area contributed by atoms with Crippen LogP contribution in [0.3, 0.4) is 0 Å². The smallest absolute Gasteiger partial charge is 0.334 e. The highest BCUT2D eigenvalue weighted by Crippen LogP contribution is 2.25. The highest BCUT2D eigenvalue weighted by Gasteiger charge is 2.28. The number of furan rings is 1. The van der Waals surface area contributed by atoms with Crippen molar-refractivity contribution in [1.82, 2.24) is 0 Å². The quantitative estimate of drug-likeness (QED) is 0.100. The van der Waals surface area contributed by atoms with Crippen molar-refractivity contribution in [3.63, 3.8) is 0 Å². The number of cyclic esters (lactones) is 1. The molecule has 0 spiro atoms. The van der Waals surface area contributed by atoms with Crippen LogP contribution in [0, 0.1) is 30.6 Å². The Morgan fingerprint density at radius 2 is 1.62 bits per heavy atom. The minimum Gasteiger partial charge on any atom is -0.461 e. The van der Waals surface area contributed by atoms with Gasteiger partial charge in [-0.2, -0.15) is 0 Å². The molecule has 0 radical (unpaired) electrons. The molecule has 0 bridgehead atoms. The number of benzene rings is 2. The van der Waals surface area contributed by atoms with Crippen LogP contribution < -0.4 is 0 Å². The zero-order valence-electron chi connectivity index (χ0n) is 28.7. The molecule has 0 amide bonds. The number of hydrogen-bond acceptors (Lipinski definition) is 6. The molecule has 2 heterocycles. The molecular formula is C39H54O6. The van der Waals surface area contributed by atoms with Gasteiger partial charge in [0.15, 0.2) is 0 Å². The predicted octanol–water partition coefficient (Wildman–Crippen LogP) is 8.63. The molecular weight excluding hydrogens is 564 g/mol. The number of aryl methyl sites for hydroxylation is 1. The molecule has 4 rings (SSSR count). The molecule has 6 heteroatoms. The predicted molar refractivity (Wildman–Crippen MR) is 184 cm³/mol. The first-order valence-corrected chi connectivity index (χ1v) is 16.2. The Labute approximate surface area is 271 Å². The molecule has 0 saturated carbocycles. The van der Waals surface area contributed by atoms with E-state index in [-0.39, 0.29) is 18.0 Å². The Morgan fingerprint density at radius 3 is 2.22 bits per heavy atom. The molecule has 246 valence electrons. The summed E-state index contributed by atoms with van der Waals surface area (Å²) in [6.07, 6.45) is 10.2. The molecule has 1 fully saturated rings. The standard InChI is InChI=1S/C21H18O2.C15H26O3.C2H6.CH4O/c1-15-3-5-17(6-4-15)7-8-18-9-10-21-19(12-18)13-20(23-21)11-16(2)14-22;1-4-6-12(7-5-2)8-9-13-10-14(11-17-3)18-15(13)16;2*1-2/h3-6,9-10,12-14,16H,11H2,1-2H3;9,12,14H,4-8,10-11H2,1-3H3;1-2H3;2H,1H3/b;13-9+;;. The van der Waals surface area contributed by atoms with Gasteiger partial charge in [-0.05, 0) is 55.7 Å². The van der Waals surface area contributed by atoms with Crippen molar-refractivity contribution in [3.05, 3.63) is 82.6 Å². The Bertz CT molecular complexity index is 1350. The van der Waals surface area contributed by atoms with Crippen LogP contribution in [0.2, 0.25) is 0 Å². The van der Waals surface area contributed by atoms with Crippen LogP contribution in [0.1, 0.15) is 95.6 Å². The van der Waals surface area contributed by atoms with E-state index in [1.54, 1.807) is 7.11 Å². The summed E-state index contributed by atoms with van der Waals surface area (Å²) in [5.74, 6) is 7.73. The average molecular weight is 619 g/mol. The fraction of sp³-hybridized carbons (Fsp3) is 0.487. The number of rotatable bonds is 11. The number of aliphatic hydroxyl groups excluding tert-OH is 1. The van der Waals surface area contributed by atoms with Crippen molar-refractivity contribution in [1.29, 1.82) is 0 Å². The first-order chi connectivity index (χ1) is 21.8. The first kappa shape index (κ1) is 39.4. The second-order valence-electron chi connectivity index (χ2n) is 11.0. The number of fused-ring (bicyclic) bond motifs is 1. The molecule has 0 aliphatic carbocycles. The van der Waals surface area contributed by atoms with Gasteiger partial charge in [0, 0.05) is 55.1 Å². The van der Waals surface area contributed by atoms with Crippen LogP contribution in [0.5, 0.6) is 0 Å². The van der Waals surface area contributed by atoms with Crippen molar-refractivity contribution in [2.45, 2.75) is 92.6 Å². The SMILES string of the molecule is CC.CCCC(C/C=C1\CC(COC)OC1=O)CCC.CO.Cc1ccc(C#Cc2ccc3oc(CC(C)C=O)cc3c2)cc1. The molecule has 6 nitrogen and oxygen atoms in total. The van der Waals surface area contributed by atoms with E-state index >= 15 is 0 Å². The third-order valence-corrected chi connectivity index (χ3v) is 7.15. The first-order valence-electron chi connectivity index (χ1n) is 16.2. The average Bonchev–Trinajstić information content (AvgIpc) is 3.63. The van der Waals surface area contributed by atoms with Crippen LogP contribution in [-0.4, -0.2) is 44.3 Å². The second-order valence-corrected chi connectivity index (χ2v) is 11.0. The zero-order chi connectivity index (χ0) is 33.6. The van der Waals surface area contributed by atoms with Crippen molar-refractivity contribution in [3.8, 4) is 11.8 Å². The maximum absolute atomic E-state index is 11.6. The summed E-state index contributed by atoms with van der Waals surface area (Å²) in [6.45, 7) is 12.9. The van der Waals surface area contributed by atoms with Gasteiger partial charge in [-0.1, -0.05) is 95.9 Å². The minimum atomic E-state index is -0.149. The second kappa shape index (κ2) is 22.8. The summed E-state index contributed by atoms with van der Waals surface area (Å²) >= 11 is 0. The summed E-state index contributed by atoms with van der Waals surface area (Å²) in [7, 11) is 2.63. The summed E-state index contributed by atoms with van der Waals surface area (Å²) < 4.78 is 16.0. The molecule has 3 aromatic rings. The van der Waals surface area contributed by atoms with E-state index in [9.17, 15) is 9.59 Å². The van der Waals surface area contributed by atoms with E-state index in [1.165, 1.54) is 31.2 Å². The number of carbonyl (C=O) groups is 2. The molecule has 45 heavy (non-hydrogen) atoms. The Kier molecular flexibility index (Phi) is 19.9. The zero-order valence-corrected chi connectivity index (χ0v) is 28.7. The van der Waals surface area contributed by atoms with E-state index < -0.39 is 0 Å². The summed E-state index contributed by atoms with van der Waals surface area (Å²) in [6, 6.07) is 16.1. The number of aliphatic hydroxyl groups is 1. The van der Waals surface area contributed by atoms with Crippen LogP contribution in [0.25, 0.3) is 11.0 Å². The van der Waals surface area contributed by atoms with Crippen LogP contribution in [-0.2, 0) is 25.5 Å². The van der Waals surface area contributed by atoms with E-state index in [1.807, 2.05) is 57.2 Å². The molecule has 2 unspecified atom stereocenters. The Morgan fingerprint density at radius 1 is 1.00 bits per heavy atom. The molecule has 1 aliphatic rings. The molecule has 1 saturated heterocycles. The van der Waals surface area contributed by atoms with E-state index in [2.05, 4.69) is 50.8 Å². The lowest BCUT2D eigenvalue weighted by molar-refractivity contribution is -0.140. The maximum atomic E-state index is 11.6. The van der Waals surface area contributed by atoms with Gasteiger partial charge in [0.1, 0.15) is 23.7 Å². The lowest BCUT2D eigenvalue weighted by Gasteiger charge is -2.12. The Balaban J connectivity index is 0.000000416. The van der Waals surface area contributed by atoms with E-state index in [0.717, 1.165) is 53.2 Å². The molecule has 2 aromatic carbocycles. The van der Waals surface area contributed by atoms with E-state index in [4.69, 9.17) is 19.0 Å². The highest BCUT2D eigenvalue weighted by molar-refractivity contribution is 5.90. The van der Waals surface area contributed by atoms with Gasteiger partial charge >= 0.3 is 5.97 Å². The van der Waals surface area contributed by atoms with Crippen molar-refractivity contribution < 1.29 is 28.6 Å². The largest absolute Gasteiger partial charge is 0.461 e. The van der Waals surface area contributed by atoms with Gasteiger partial charge < -0.3 is 23.8 Å². The monoisotopic (exact) mass is 618 g/mol. The third kappa shape index (κ3) is 14.3. The number of ether oxygens (including phenoxy) is 2. The molecule has 1 aliphatic heterocycles. The Hall–Kier alpha value is -3.66. The molecule has 2 atom stereocenters. The number of allylic oxidation sites excluding steroid dienone is 1. The van der Waals surface area contributed by atoms with Crippen molar-refractivity contribution in [2.24, 2.45) is 11.8 Å². The third-order valence-electron chi connectivity index (χ3n) is 7.15. The van der Waals surface area contributed by atoms with Gasteiger partial charge in [-0.15, -0.1) is 0 Å². The summed E-state index contributed by atoms with van der Waals surface area (Å²) in [5.41, 5.74) is 4.86. The number of esters is 1. The van der Waals surface area contributed by atoms with Crippen molar-refractivity contribution in [2.75, 3.05) is 20.8 Å². The van der Waals surface area contributed by atoms with E-state index in [0.29, 0.717) is 25.4 Å². The number of carbonyl (C=O) groups excluding carboxylic acids is 2. The fourth-order valence-corrected chi connectivity index (χ4v) is 4.97. The lowest BCUT2D eigenvalue weighted by Crippen LogP contribution is -2.13. The highest BCUT2D eigenvalue weighted by atomic mass is 16.6. The number of methoxy groups -OCH3 is 1. The fourth-order valence-electron chi connectivity index (χ4n) is 4.97. The topological polar surface area (TPSA) is 86.0 Å². The van der Waals surface area contributed by atoms with Gasteiger partial charge in [-0.25, -0.2) is 4.79 Å². The number of aldehydes is 1. The van der Waals surface area contributed by atoms with Crippen LogP contribution >= 0.6 is 0 Å². The number of hydrogen-bond donors (Lipinski definition) is 1. The minimum absolute atomic E-state index is 0.0311. The summed E-state index contributed by atoms with van der Waals surface area (Å²) in [5, 5.41) is 8.02. The van der Waals surface area contributed by atoms with Gasteiger partial charge in [0.25, 0.3) is 0 Å². The van der Waals surface area contributed by atoms with Gasteiger partial charge in [0.05, 0.1) is 6.61 Å². The molecule has 1 aromatic heterocycles. The summed E-state index contributed by atoms with van der Waals surface area (Å²) in [4.78, 5) is 22.4. The van der Waals surface area contributed by atoms with Gasteiger partial charge in [-0.3, -0.25) is 0 Å². The molecule has 1 N–H and O–H groups in total. The van der Waals surface area contributed by atoms with Crippen molar-refractivity contribution >= 4 is 23.2 Å². The lowest BCUT2D eigenvalue weighted by atomic mass is 9.93. The van der Waals surface area contributed by atoms with Crippen LogP contribution in [0.15, 0.2) is 64.6 Å². The normalized spacial score (nSPS) is 15.0.